The van der Waals surface area contributed by atoms with Gasteiger partial charge < -0.3 is 30.7 Å². The molecule has 0 bridgehead atoms. The number of fused-ring (bicyclic) bond motifs is 1. The van der Waals surface area contributed by atoms with E-state index < -0.39 is 63.3 Å². The van der Waals surface area contributed by atoms with Crippen LogP contribution >= 0.6 is 0 Å². The molecule has 48 heavy (non-hydrogen) atoms. The average molecular weight is 687 g/mol. The van der Waals surface area contributed by atoms with Gasteiger partial charge in [-0.25, -0.2) is 13.2 Å². The van der Waals surface area contributed by atoms with E-state index in [9.17, 15) is 32.7 Å². The third kappa shape index (κ3) is 10.6. The Balaban J connectivity index is 1.49. The average Bonchev–Trinajstić information content (AvgIpc) is 3.52. The highest BCUT2D eigenvalue weighted by Gasteiger charge is 2.41. The minimum absolute atomic E-state index is 0.113. The minimum atomic E-state index is -3.77. The highest BCUT2D eigenvalue weighted by molar-refractivity contribution is 7.90. The van der Waals surface area contributed by atoms with Crippen molar-refractivity contribution in [3.05, 3.63) is 48.0 Å². The van der Waals surface area contributed by atoms with Crippen LogP contribution in [0.25, 0.3) is 10.8 Å². The molecule has 12 nitrogen and oxygen atoms in total. The van der Waals surface area contributed by atoms with Crippen LogP contribution in [0.15, 0.2) is 42.5 Å². The van der Waals surface area contributed by atoms with Crippen molar-refractivity contribution in [2.45, 2.75) is 109 Å². The van der Waals surface area contributed by atoms with Crippen LogP contribution in [0.1, 0.15) is 77.7 Å². The lowest BCUT2D eigenvalue weighted by atomic mass is 9.83. The fraction of sp³-hybridized carbons (Fsp3) is 0.600. The monoisotopic (exact) mass is 686 g/mol. The standard InChI is InChI=1S/C35H50N4O8S/c1-35(2,3)38-32(42)29-18-11-19-39(29)33(43)30(40)27(20-23-12-6-5-7-13-23)36-31(41)28(22-48(4,45)46)37-34(44)47-21-25-16-10-15-24-14-8-9-17-26(24)25/h8-10,14-17,23,27-30,40H,5-7,11-13,18-22H2,1-4H3,(H,36,41)(H,37,44)(H,38,42)/t27-,28-,29-,30-/m0/s1. The summed E-state index contributed by atoms with van der Waals surface area (Å²) < 4.78 is 30.1. The van der Waals surface area contributed by atoms with Crippen molar-refractivity contribution in [2.24, 2.45) is 5.92 Å². The van der Waals surface area contributed by atoms with Crippen LogP contribution < -0.4 is 16.0 Å². The number of aliphatic hydroxyl groups is 1. The third-order valence-corrected chi connectivity index (χ3v) is 9.87. The minimum Gasteiger partial charge on any atom is -0.445 e. The number of rotatable bonds is 12. The lowest BCUT2D eigenvalue weighted by molar-refractivity contribution is -0.147. The Morgan fingerprint density at radius 2 is 1.65 bits per heavy atom. The van der Waals surface area contributed by atoms with Gasteiger partial charge >= 0.3 is 6.09 Å². The highest BCUT2D eigenvalue weighted by Crippen LogP contribution is 2.29. The van der Waals surface area contributed by atoms with Crippen LogP contribution in [0.4, 0.5) is 4.79 Å². The maximum absolute atomic E-state index is 13.7. The molecule has 4 rings (SSSR count). The molecular weight excluding hydrogens is 636 g/mol. The van der Waals surface area contributed by atoms with Gasteiger partial charge in [-0.15, -0.1) is 0 Å². The second kappa shape index (κ2) is 16.1. The van der Waals surface area contributed by atoms with Crippen LogP contribution in [0.2, 0.25) is 0 Å². The molecule has 0 unspecified atom stereocenters. The van der Waals surface area contributed by atoms with Gasteiger partial charge in [0.25, 0.3) is 5.91 Å². The van der Waals surface area contributed by atoms with Gasteiger partial charge in [-0.2, -0.15) is 0 Å². The zero-order valence-electron chi connectivity index (χ0n) is 28.4. The maximum atomic E-state index is 13.7. The number of aliphatic hydroxyl groups excluding tert-OH is 1. The van der Waals surface area contributed by atoms with Crippen molar-refractivity contribution < 1.29 is 37.4 Å². The predicted octanol–water partition coefficient (Wildman–Crippen LogP) is 3.20. The van der Waals surface area contributed by atoms with E-state index in [1.54, 1.807) is 0 Å². The molecule has 1 saturated heterocycles. The first-order valence-electron chi connectivity index (χ1n) is 16.8. The Kier molecular flexibility index (Phi) is 12.5. The Morgan fingerprint density at radius 1 is 0.958 bits per heavy atom. The summed E-state index contributed by atoms with van der Waals surface area (Å²) in [5, 5.41) is 21.3. The number of amides is 4. The Morgan fingerprint density at radius 3 is 2.33 bits per heavy atom. The van der Waals surface area contributed by atoms with Gasteiger partial charge in [0.15, 0.2) is 6.10 Å². The SMILES string of the molecule is CC(C)(C)NC(=O)[C@@H]1CCCN1C(=O)[C@@H](O)[C@H](CC1CCCCC1)NC(=O)[C@H](CS(C)(=O)=O)NC(=O)OCc1cccc2ccccc12. The summed E-state index contributed by atoms with van der Waals surface area (Å²) in [5.74, 6) is -2.45. The van der Waals surface area contributed by atoms with E-state index in [-0.39, 0.29) is 31.4 Å². The van der Waals surface area contributed by atoms with Crippen LogP contribution in [0.5, 0.6) is 0 Å². The Bertz CT molecular complexity index is 1560. The van der Waals surface area contributed by atoms with Gasteiger partial charge in [-0.1, -0.05) is 74.6 Å². The van der Waals surface area contributed by atoms with E-state index >= 15 is 0 Å². The number of benzene rings is 2. The predicted molar refractivity (Wildman–Crippen MR) is 183 cm³/mol. The fourth-order valence-corrected chi connectivity index (χ4v) is 7.50. The first-order valence-corrected chi connectivity index (χ1v) is 18.9. The van der Waals surface area contributed by atoms with Gasteiger partial charge in [0, 0.05) is 18.3 Å². The lowest BCUT2D eigenvalue weighted by Gasteiger charge is -2.34. The topological polar surface area (TPSA) is 171 Å². The largest absolute Gasteiger partial charge is 0.445 e. The van der Waals surface area contributed by atoms with Crippen molar-refractivity contribution >= 4 is 44.4 Å². The zero-order chi connectivity index (χ0) is 35.1. The van der Waals surface area contributed by atoms with Gasteiger partial charge in [-0.3, -0.25) is 14.4 Å². The molecule has 0 spiro atoms. The van der Waals surface area contributed by atoms with Crippen LogP contribution in [-0.2, 0) is 35.6 Å². The summed E-state index contributed by atoms with van der Waals surface area (Å²) in [4.78, 5) is 54.7. The number of hydrogen-bond acceptors (Lipinski definition) is 8. The molecule has 13 heteroatoms. The van der Waals surface area contributed by atoms with Crippen LogP contribution in [0, 0.1) is 5.92 Å². The molecule has 4 N–H and O–H groups in total. The summed E-state index contributed by atoms with van der Waals surface area (Å²) in [6, 6.07) is 9.78. The summed E-state index contributed by atoms with van der Waals surface area (Å²) in [6.07, 6.45) is 4.35. The number of nitrogens with zero attached hydrogens (tertiary/aromatic N) is 1. The number of alkyl carbamates (subject to hydrolysis) is 1. The van der Waals surface area contributed by atoms with Gasteiger partial charge in [0.1, 0.15) is 28.5 Å². The molecule has 2 aromatic carbocycles. The molecule has 2 fully saturated rings. The molecule has 0 aromatic heterocycles. The quantitative estimate of drug-likeness (QED) is 0.264. The van der Waals surface area contributed by atoms with Crippen molar-refractivity contribution in [2.75, 3.05) is 18.6 Å². The molecule has 2 aromatic rings. The first-order chi connectivity index (χ1) is 22.6. The van der Waals surface area contributed by atoms with Gasteiger partial charge in [0.2, 0.25) is 11.8 Å². The summed E-state index contributed by atoms with van der Waals surface area (Å²) in [7, 11) is -3.77. The second-order valence-corrected chi connectivity index (χ2v) is 16.4. The summed E-state index contributed by atoms with van der Waals surface area (Å²) in [6.45, 7) is 5.70. The maximum Gasteiger partial charge on any atom is 0.408 e. The molecule has 264 valence electrons. The van der Waals surface area contributed by atoms with Crippen molar-refractivity contribution in [1.29, 1.82) is 0 Å². The van der Waals surface area contributed by atoms with E-state index in [0.29, 0.717) is 12.8 Å². The van der Waals surface area contributed by atoms with E-state index in [1.165, 1.54) is 4.90 Å². The fourth-order valence-electron chi connectivity index (χ4n) is 6.66. The number of carbonyl (C=O) groups is 4. The molecule has 1 aliphatic heterocycles. The second-order valence-electron chi connectivity index (χ2n) is 14.2. The Hall–Kier alpha value is -3.71. The molecule has 4 amide bonds. The third-order valence-electron chi connectivity index (χ3n) is 8.93. The van der Waals surface area contributed by atoms with E-state index in [4.69, 9.17) is 4.74 Å². The Labute approximate surface area is 283 Å². The number of hydrogen-bond donors (Lipinski definition) is 4. The normalized spacial score (nSPS) is 19.3. The van der Waals surface area contributed by atoms with E-state index in [1.807, 2.05) is 63.2 Å². The number of nitrogens with one attached hydrogen (secondary N) is 3. The number of ether oxygens (including phenoxy) is 1. The smallest absolute Gasteiger partial charge is 0.408 e. The van der Waals surface area contributed by atoms with Crippen molar-refractivity contribution in [1.82, 2.24) is 20.9 Å². The first kappa shape index (κ1) is 37.1. The lowest BCUT2D eigenvalue weighted by Crippen LogP contribution is -2.59. The number of carbonyl (C=O) groups excluding carboxylic acids is 4. The van der Waals surface area contributed by atoms with Gasteiger partial charge in [0.05, 0.1) is 11.8 Å². The number of sulfone groups is 1. The summed E-state index contributed by atoms with van der Waals surface area (Å²) >= 11 is 0. The zero-order valence-corrected chi connectivity index (χ0v) is 29.2. The molecule has 1 aliphatic carbocycles. The summed E-state index contributed by atoms with van der Waals surface area (Å²) in [5.41, 5.74) is 0.222. The molecule has 4 atom stereocenters. The molecule has 1 saturated carbocycles. The van der Waals surface area contributed by atoms with Crippen LogP contribution in [-0.4, -0.2) is 90.6 Å². The van der Waals surface area contributed by atoms with Gasteiger partial charge in [-0.05, 0) is 62.3 Å². The molecular formula is C35H50N4O8S. The van der Waals surface area contributed by atoms with E-state index in [2.05, 4.69) is 16.0 Å². The van der Waals surface area contributed by atoms with Crippen LogP contribution in [0.3, 0.4) is 0 Å². The van der Waals surface area contributed by atoms with Crippen molar-refractivity contribution in [3.8, 4) is 0 Å². The van der Waals surface area contributed by atoms with Crippen molar-refractivity contribution in [3.63, 3.8) is 0 Å². The highest BCUT2D eigenvalue weighted by atomic mass is 32.2. The number of likely N-dealkylation sites (tertiary alicyclic amines) is 1. The van der Waals surface area contributed by atoms with E-state index in [0.717, 1.165) is 54.7 Å². The molecule has 2 aliphatic rings. The molecule has 0 radical (unpaired) electrons. The molecule has 1 heterocycles.